The highest BCUT2D eigenvalue weighted by Crippen LogP contribution is 2.25. The van der Waals surface area contributed by atoms with E-state index in [2.05, 4.69) is 19.1 Å². The molecule has 1 atom stereocenters. The molecule has 1 N–H and O–H groups in total. The highest BCUT2D eigenvalue weighted by molar-refractivity contribution is 5.39. The highest BCUT2D eigenvalue weighted by Gasteiger charge is 2.08. The molecule has 1 unspecified atom stereocenters. The summed E-state index contributed by atoms with van der Waals surface area (Å²) in [5, 5.41) is 9.08. The van der Waals surface area contributed by atoms with Crippen molar-refractivity contribution in [1.29, 1.82) is 0 Å². The fourth-order valence-corrected chi connectivity index (χ4v) is 1.65. The highest BCUT2D eigenvalue weighted by atomic mass is 16.5. The third-order valence-electron chi connectivity index (χ3n) is 2.67. The van der Waals surface area contributed by atoms with Gasteiger partial charge in [-0.1, -0.05) is 32.4 Å². The Morgan fingerprint density at radius 2 is 2.13 bits per heavy atom. The Kier molecular flexibility index (Phi) is 4.63. The maximum absolute atomic E-state index is 9.08. The standard InChI is InChI=1S/C13H20O2/c1-4-5-11-6-7-12(10(2)9-14)8-13(11)15-3/h6-8,10,14H,4-5,9H2,1-3H3. The minimum Gasteiger partial charge on any atom is -0.496 e. The number of aryl methyl sites for hydroxylation is 1. The van der Waals surface area contributed by atoms with Crippen molar-refractivity contribution in [3.8, 4) is 5.75 Å². The van der Waals surface area contributed by atoms with Gasteiger partial charge in [-0.2, -0.15) is 0 Å². The van der Waals surface area contributed by atoms with Crippen LogP contribution in [0.15, 0.2) is 18.2 Å². The molecule has 15 heavy (non-hydrogen) atoms. The van der Waals surface area contributed by atoms with Gasteiger partial charge in [-0.05, 0) is 23.6 Å². The molecule has 0 aliphatic rings. The van der Waals surface area contributed by atoms with Crippen LogP contribution in [0.3, 0.4) is 0 Å². The van der Waals surface area contributed by atoms with E-state index in [1.807, 2.05) is 13.0 Å². The number of aliphatic hydroxyl groups excluding tert-OH is 1. The second-order valence-corrected chi connectivity index (χ2v) is 3.90. The lowest BCUT2D eigenvalue weighted by atomic mass is 9.98. The number of rotatable bonds is 5. The average molecular weight is 208 g/mol. The molecule has 84 valence electrons. The summed E-state index contributed by atoms with van der Waals surface area (Å²) in [6.07, 6.45) is 2.15. The summed E-state index contributed by atoms with van der Waals surface area (Å²) in [6, 6.07) is 6.21. The van der Waals surface area contributed by atoms with Gasteiger partial charge in [-0.3, -0.25) is 0 Å². The molecule has 2 nitrogen and oxygen atoms in total. The van der Waals surface area contributed by atoms with Crippen LogP contribution in [0, 0.1) is 0 Å². The topological polar surface area (TPSA) is 29.5 Å². The number of hydrogen-bond donors (Lipinski definition) is 1. The molecule has 1 aromatic rings. The van der Waals surface area contributed by atoms with Crippen LogP contribution >= 0.6 is 0 Å². The summed E-state index contributed by atoms with van der Waals surface area (Å²) in [5.41, 5.74) is 2.38. The van der Waals surface area contributed by atoms with Crippen LogP contribution in [0.2, 0.25) is 0 Å². The van der Waals surface area contributed by atoms with Gasteiger partial charge in [0.15, 0.2) is 0 Å². The van der Waals surface area contributed by atoms with Crippen LogP contribution in [0.4, 0.5) is 0 Å². The lowest BCUT2D eigenvalue weighted by Crippen LogP contribution is -2.01. The molecule has 0 heterocycles. The van der Waals surface area contributed by atoms with Crippen LogP contribution in [0.1, 0.15) is 37.3 Å². The first-order valence-corrected chi connectivity index (χ1v) is 5.50. The normalized spacial score (nSPS) is 12.5. The van der Waals surface area contributed by atoms with Crippen LogP contribution in [0.5, 0.6) is 5.75 Å². The minimum atomic E-state index is 0.176. The first kappa shape index (κ1) is 12.1. The summed E-state index contributed by atoms with van der Waals surface area (Å²) in [6.45, 7) is 4.34. The molecule has 1 rings (SSSR count). The van der Waals surface area contributed by atoms with Crippen LogP contribution in [-0.2, 0) is 6.42 Å². The molecule has 0 aliphatic heterocycles. The summed E-state index contributed by atoms with van der Waals surface area (Å²) < 4.78 is 5.35. The van der Waals surface area contributed by atoms with E-state index >= 15 is 0 Å². The van der Waals surface area contributed by atoms with Crippen molar-refractivity contribution in [1.82, 2.24) is 0 Å². The second-order valence-electron chi connectivity index (χ2n) is 3.90. The molecule has 0 amide bonds. The van der Waals surface area contributed by atoms with E-state index in [0.29, 0.717) is 0 Å². The largest absolute Gasteiger partial charge is 0.496 e. The molecular formula is C13H20O2. The third kappa shape index (κ3) is 2.96. The zero-order valence-corrected chi connectivity index (χ0v) is 9.79. The van der Waals surface area contributed by atoms with Crippen LogP contribution in [-0.4, -0.2) is 18.8 Å². The smallest absolute Gasteiger partial charge is 0.122 e. The Morgan fingerprint density at radius 1 is 1.40 bits per heavy atom. The van der Waals surface area contributed by atoms with Gasteiger partial charge in [0.1, 0.15) is 5.75 Å². The number of hydrogen-bond acceptors (Lipinski definition) is 2. The zero-order valence-electron chi connectivity index (χ0n) is 9.79. The Balaban J connectivity index is 2.96. The van der Waals surface area contributed by atoms with Gasteiger partial charge in [-0.15, -0.1) is 0 Å². The number of aliphatic hydroxyl groups is 1. The summed E-state index contributed by atoms with van der Waals surface area (Å²) in [4.78, 5) is 0. The molecule has 0 aromatic heterocycles. The molecule has 0 saturated heterocycles. The lowest BCUT2D eigenvalue weighted by molar-refractivity contribution is 0.272. The Labute approximate surface area is 91.9 Å². The van der Waals surface area contributed by atoms with Gasteiger partial charge < -0.3 is 9.84 Å². The molecular weight excluding hydrogens is 188 g/mol. The van der Waals surface area contributed by atoms with Crippen molar-refractivity contribution in [2.45, 2.75) is 32.6 Å². The van der Waals surface area contributed by atoms with E-state index in [1.165, 1.54) is 5.56 Å². The van der Waals surface area contributed by atoms with Gasteiger partial charge in [0, 0.05) is 12.5 Å². The fraction of sp³-hybridized carbons (Fsp3) is 0.538. The Bertz CT molecular complexity index is 307. The Morgan fingerprint density at radius 3 is 2.67 bits per heavy atom. The minimum absolute atomic E-state index is 0.176. The zero-order chi connectivity index (χ0) is 11.3. The van der Waals surface area contributed by atoms with Gasteiger partial charge in [0.2, 0.25) is 0 Å². The SMILES string of the molecule is CCCc1ccc(C(C)CO)cc1OC. The van der Waals surface area contributed by atoms with Crippen molar-refractivity contribution in [3.05, 3.63) is 29.3 Å². The fourth-order valence-electron chi connectivity index (χ4n) is 1.65. The predicted molar refractivity (Wildman–Crippen MR) is 62.5 cm³/mol. The van der Waals surface area contributed by atoms with Crippen LogP contribution < -0.4 is 4.74 Å². The second kappa shape index (κ2) is 5.76. The van der Waals surface area contributed by atoms with Crippen molar-refractivity contribution in [2.24, 2.45) is 0 Å². The molecule has 0 aliphatic carbocycles. The third-order valence-corrected chi connectivity index (χ3v) is 2.67. The van der Waals surface area contributed by atoms with E-state index < -0.39 is 0 Å². The van der Waals surface area contributed by atoms with Crippen molar-refractivity contribution in [2.75, 3.05) is 13.7 Å². The Hall–Kier alpha value is -1.02. The summed E-state index contributed by atoms with van der Waals surface area (Å²) in [7, 11) is 1.70. The predicted octanol–water partition coefficient (Wildman–Crippen LogP) is 2.74. The lowest BCUT2D eigenvalue weighted by Gasteiger charge is -2.13. The van der Waals surface area contributed by atoms with E-state index in [0.717, 1.165) is 24.2 Å². The van der Waals surface area contributed by atoms with Gasteiger partial charge >= 0.3 is 0 Å². The van der Waals surface area contributed by atoms with Crippen molar-refractivity contribution < 1.29 is 9.84 Å². The van der Waals surface area contributed by atoms with Gasteiger partial charge in [0.25, 0.3) is 0 Å². The van der Waals surface area contributed by atoms with E-state index in [4.69, 9.17) is 9.84 Å². The monoisotopic (exact) mass is 208 g/mol. The molecule has 0 spiro atoms. The van der Waals surface area contributed by atoms with Gasteiger partial charge in [0.05, 0.1) is 7.11 Å². The molecule has 2 heteroatoms. The summed E-state index contributed by atoms with van der Waals surface area (Å²) in [5.74, 6) is 1.12. The van der Waals surface area contributed by atoms with Crippen molar-refractivity contribution in [3.63, 3.8) is 0 Å². The van der Waals surface area contributed by atoms with E-state index in [9.17, 15) is 0 Å². The van der Waals surface area contributed by atoms with E-state index in [-0.39, 0.29) is 12.5 Å². The molecule has 0 saturated carbocycles. The number of ether oxygens (including phenoxy) is 1. The van der Waals surface area contributed by atoms with E-state index in [1.54, 1.807) is 7.11 Å². The average Bonchev–Trinajstić information content (AvgIpc) is 2.29. The molecule has 0 bridgehead atoms. The quantitative estimate of drug-likeness (QED) is 0.806. The number of methoxy groups -OCH3 is 1. The van der Waals surface area contributed by atoms with Crippen molar-refractivity contribution >= 4 is 0 Å². The molecule has 0 fully saturated rings. The molecule has 1 aromatic carbocycles. The summed E-state index contributed by atoms with van der Waals surface area (Å²) >= 11 is 0. The molecule has 0 radical (unpaired) electrons. The number of benzene rings is 1. The maximum Gasteiger partial charge on any atom is 0.122 e. The first-order chi connectivity index (χ1) is 7.22. The van der Waals surface area contributed by atoms with Gasteiger partial charge in [-0.25, -0.2) is 0 Å². The van der Waals surface area contributed by atoms with Crippen LogP contribution in [0.25, 0.3) is 0 Å². The maximum atomic E-state index is 9.08. The first-order valence-electron chi connectivity index (χ1n) is 5.50.